The van der Waals surface area contributed by atoms with Crippen molar-refractivity contribution in [2.24, 2.45) is 0 Å². The summed E-state index contributed by atoms with van der Waals surface area (Å²) in [6.45, 7) is 6.00. The number of amides is 1. The molecular formula is C24H29N5O4. The Hall–Kier alpha value is -3.43. The topological polar surface area (TPSA) is 99.8 Å². The van der Waals surface area contributed by atoms with Gasteiger partial charge < -0.3 is 19.8 Å². The summed E-state index contributed by atoms with van der Waals surface area (Å²) >= 11 is 0. The second-order valence-corrected chi connectivity index (χ2v) is 8.20. The van der Waals surface area contributed by atoms with E-state index < -0.39 is 0 Å². The summed E-state index contributed by atoms with van der Waals surface area (Å²) < 4.78 is 10.6. The van der Waals surface area contributed by atoms with Gasteiger partial charge in [-0.15, -0.1) is 0 Å². The van der Waals surface area contributed by atoms with Crippen molar-refractivity contribution in [1.82, 2.24) is 19.8 Å². The van der Waals surface area contributed by atoms with Gasteiger partial charge in [0.05, 0.1) is 38.2 Å². The van der Waals surface area contributed by atoms with Crippen LogP contribution in [-0.4, -0.2) is 72.6 Å². The van der Waals surface area contributed by atoms with Gasteiger partial charge in [0, 0.05) is 37.9 Å². The molecule has 2 N–H and O–H groups in total. The summed E-state index contributed by atoms with van der Waals surface area (Å²) in [5.74, 6) is 1.61. The lowest BCUT2D eigenvalue weighted by Crippen LogP contribution is -2.48. The molecule has 0 saturated carbocycles. The van der Waals surface area contributed by atoms with Crippen LogP contribution in [0.2, 0.25) is 0 Å². The minimum atomic E-state index is -0.206. The van der Waals surface area contributed by atoms with E-state index >= 15 is 0 Å². The highest BCUT2D eigenvalue weighted by atomic mass is 16.5. The van der Waals surface area contributed by atoms with Gasteiger partial charge in [-0.3, -0.25) is 19.4 Å². The molecule has 9 heteroatoms. The second-order valence-electron chi connectivity index (χ2n) is 8.20. The van der Waals surface area contributed by atoms with Crippen molar-refractivity contribution >= 4 is 22.5 Å². The van der Waals surface area contributed by atoms with E-state index in [1.807, 2.05) is 31.2 Å². The average Bonchev–Trinajstić information content (AvgIpc) is 2.81. The number of ether oxygens (including phenoxy) is 2. The molecule has 1 amide bonds. The van der Waals surface area contributed by atoms with Crippen LogP contribution in [-0.2, 0) is 11.3 Å². The number of piperazine rings is 1. The number of carbonyl (C=O) groups is 1. The van der Waals surface area contributed by atoms with Crippen LogP contribution in [0.4, 0.5) is 5.69 Å². The first-order valence-electron chi connectivity index (χ1n) is 10.9. The van der Waals surface area contributed by atoms with Crippen LogP contribution in [0, 0.1) is 6.92 Å². The van der Waals surface area contributed by atoms with E-state index in [0.29, 0.717) is 41.3 Å². The van der Waals surface area contributed by atoms with E-state index in [2.05, 4.69) is 25.1 Å². The summed E-state index contributed by atoms with van der Waals surface area (Å²) in [7, 11) is 3.09. The normalized spacial score (nSPS) is 14.9. The maximum absolute atomic E-state index is 12.6. The Morgan fingerprint density at radius 3 is 2.33 bits per heavy atom. The van der Waals surface area contributed by atoms with Crippen LogP contribution in [0.3, 0.4) is 0 Å². The first kappa shape index (κ1) is 22.8. The molecular weight excluding hydrogens is 422 g/mol. The zero-order valence-corrected chi connectivity index (χ0v) is 19.2. The molecule has 0 spiro atoms. The standard InChI is InChI=1S/C24H29N5O4/c1-16-4-6-17(7-5-16)25-23(30)15-29-10-8-28(9-11-29)14-22-26-19-13-21(33-3)20(32-2)12-18(19)24(31)27-22/h4-7,12-13H,8-11,14-15H2,1-3H3,(H,25,30)(H,26,27,31). The third kappa shape index (κ3) is 5.50. The predicted molar refractivity (Wildman–Crippen MR) is 127 cm³/mol. The predicted octanol–water partition coefficient (Wildman–Crippen LogP) is 2.01. The monoisotopic (exact) mass is 451 g/mol. The Kier molecular flexibility index (Phi) is 6.90. The van der Waals surface area contributed by atoms with Crippen LogP contribution in [0.5, 0.6) is 11.5 Å². The number of hydrogen-bond acceptors (Lipinski definition) is 7. The smallest absolute Gasteiger partial charge is 0.258 e. The number of H-pyrrole nitrogens is 1. The number of aryl methyl sites for hydroxylation is 1. The fourth-order valence-electron chi connectivity index (χ4n) is 3.95. The van der Waals surface area contributed by atoms with Gasteiger partial charge in [0.15, 0.2) is 11.5 Å². The van der Waals surface area contributed by atoms with Gasteiger partial charge in [0.1, 0.15) is 5.82 Å². The molecule has 0 atom stereocenters. The van der Waals surface area contributed by atoms with Crippen LogP contribution in [0.15, 0.2) is 41.2 Å². The zero-order valence-electron chi connectivity index (χ0n) is 19.2. The lowest BCUT2D eigenvalue weighted by atomic mass is 10.2. The lowest BCUT2D eigenvalue weighted by Gasteiger charge is -2.33. The Labute approximate surface area is 192 Å². The minimum Gasteiger partial charge on any atom is -0.493 e. The van der Waals surface area contributed by atoms with Crippen molar-refractivity contribution in [1.29, 1.82) is 0 Å². The second kappa shape index (κ2) is 10.0. The highest BCUT2D eigenvalue weighted by molar-refractivity contribution is 5.92. The first-order chi connectivity index (χ1) is 15.9. The fraction of sp³-hybridized carbons (Fsp3) is 0.375. The zero-order chi connectivity index (χ0) is 23.4. The van der Waals surface area contributed by atoms with Crippen molar-refractivity contribution in [2.75, 3.05) is 52.3 Å². The molecule has 1 aromatic heterocycles. The molecule has 0 radical (unpaired) electrons. The van der Waals surface area contributed by atoms with E-state index in [0.717, 1.165) is 37.4 Å². The van der Waals surface area contributed by atoms with E-state index in [-0.39, 0.29) is 11.5 Å². The van der Waals surface area contributed by atoms with Crippen LogP contribution >= 0.6 is 0 Å². The maximum Gasteiger partial charge on any atom is 0.258 e. The van der Waals surface area contributed by atoms with Gasteiger partial charge in [0.25, 0.3) is 5.56 Å². The number of methoxy groups -OCH3 is 2. The number of nitrogens with zero attached hydrogens (tertiary/aromatic N) is 3. The van der Waals surface area contributed by atoms with Crippen molar-refractivity contribution in [3.05, 3.63) is 58.1 Å². The summed E-state index contributed by atoms with van der Waals surface area (Å²) in [5.41, 5.74) is 2.33. The van der Waals surface area contributed by atoms with Gasteiger partial charge in [-0.1, -0.05) is 17.7 Å². The number of fused-ring (bicyclic) bond motifs is 1. The van der Waals surface area contributed by atoms with Gasteiger partial charge in [-0.2, -0.15) is 0 Å². The highest BCUT2D eigenvalue weighted by Crippen LogP contribution is 2.30. The van der Waals surface area contributed by atoms with Crippen molar-refractivity contribution < 1.29 is 14.3 Å². The molecule has 2 heterocycles. The molecule has 2 aromatic carbocycles. The maximum atomic E-state index is 12.6. The molecule has 1 fully saturated rings. The molecule has 1 saturated heterocycles. The molecule has 3 aromatic rings. The average molecular weight is 452 g/mol. The number of aromatic nitrogens is 2. The number of benzene rings is 2. The Morgan fingerprint density at radius 2 is 1.67 bits per heavy atom. The van der Waals surface area contributed by atoms with E-state index in [4.69, 9.17) is 9.47 Å². The van der Waals surface area contributed by atoms with Crippen LogP contribution < -0.4 is 20.3 Å². The Morgan fingerprint density at radius 1 is 1.03 bits per heavy atom. The largest absolute Gasteiger partial charge is 0.493 e. The number of anilines is 1. The highest BCUT2D eigenvalue weighted by Gasteiger charge is 2.20. The van der Waals surface area contributed by atoms with Crippen molar-refractivity contribution in [3.8, 4) is 11.5 Å². The van der Waals surface area contributed by atoms with Gasteiger partial charge in [0.2, 0.25) is 5.91 Å². The summed E-state index contributed by atoms with van der Waals surface area (Å²) in [4.78, 5) is 36.8. The number of nitrogens with one attached hydrogen (secondary N) is 2. The van der Waals surface area contributed by atoms with Crippen LogP contribution in [0.1, 0.15) is 11.4 Å². The van der Waals surface area contributed by atoms with Gasteiger partial charge in [-0.05, 0) is 25.1 Å². The number of hydrogen-bond donors (Lipinski definition) is 2. The van der Waals surface area contributed by atoms with Crippen molar-refractivity contribution in [2.45, 2.75) is 13.5 Å². The van der Waals surface area contributed by atoms with E-state index in [1.165, 1.54) is 7.11 Å². The molecule has 174 valence electrons. The third-order valence-corrected chi connectivity index (χ3v) is 5.80. The van der Waals surface area contributed by atoms with Gasteiger partial charge >= 0.3 is 0 Å². The number of aromatic amines is 1. The van der Waals surface area contributed by atoms with Gasteiger partial charge in [-0.25, -0.2) is 4.98 Å². The fourth-order valence-corrected chi connectivity index (χ4v) is 3.95. The third-order valence-electron chi connectivity index (χ3n) is 5.80. The molecule has 9 nitrogen and oxygen atoms in total. The lowest BCUT2D eigenvalue weighted by molar-refractivity contribution is -0.117. The summed E-state index contributed by atoms with van der Waals surface area (Å²) in [6.07, 6.45) is 0. The van der Waals surface area contributed by atoms with E-state index in [1.54, 1.807) is 19.2 Å². The molecule has 0 bridgehead atoms. The Bertz CT molecular complexity index is 1180. The Balaban J connectivity index is 1.34. The van der Waals surface area contributed by atoms with Crippen molar-refractivity contribution in [3.63, 3.8) is 0 Å². The molecule has 1 aliphatic heterocycles. The SMILES string of the molecule is COc1cc2nc(CN3CCN(CC(=O)Nc4ccc(C)cc4)CC3)[nH]c(=O)c2cc1OC. The molecule has 4 rings (SSSR count). The summed E-state index contributed by atoms with van der Waals surface area (Å²) in [5, 5.41) is 3.40. The number of carbonyl (C=O) groups excluding carboxylic acids is 1. The molecule has 0 unspecified atom stereocenters. The molecule has 1 aliphatic rings. The van der Waals surface area contributed by atoms with Crippen LogP contribution in [0.25, 0.3) is 10.9 Å². The molecule has 33 heavy (non-hydrogen) atoms. The van der Waals surface area contributed by atoms with E-state index in [9.17, 15) is 9.59 Å². The minimum absolute atomic E-state index is 0.0165. The molecule has 0 aliphatic carbocycles. The quantitative estimate of drug-likeness (QED) is 0.567. The first-order valence-corrected chi connectivity index (χ1v) is 10.9. The summed E-state index contributed by atoms with van der Waals surface area (Å²) in [6, 6.07) is 11.1. The number of rotatable bonds is 7.